The van der Waals surface area contributed by atoms with Crippen LogP contribution in [-0.4, -0.2) is 35.2 Å². The van der Waals surface area contributed by atoms with Gasteiger partial charge in [0.05, 0.1) is 7.11 Å². The molecule has 2 N–H and O–H groups in total. The molecule has 8 heteroatoms. The van der Waals surface area contributed by atoms with Gasteiger partial charge in [-0.05, 0) is 36.6 Å². The number of nitrogens with one attached hydrogen (secondary N) is 2. The molecule has 2 unspecified atom stereocenters. The van der Waals surface area contributed by atoms with Crippen molar-refractivity contribution in [1.82, 2.24) is 15.5 Å². The van der Waals surface area contributed by atoms with Crippen LogP contribution in [0.4, 0.5) is 5.13 Å². The topological polar surface area (TPSA) is 93.2 Å². The maximum absolute atomic E-state index is 13.0. The van der Waals surface area contributed by atoms with E-state index in [1.165, 1.54) is 11.3 Å². The van der Waals surface area contributed by atoms with E-state index >= 15 is 0 Å². The lowest BCUT2D eigenvalue weighted by atomic mass is 9.97. The standard InChI is InChI=1S/C23H26N4O3S/c1-5-14(2)19(24-20(28)18-12-7-6-9-15(18)3)21(29)25-23-27-26-22(31-23)16-10-8-11-17(13-16)30-4/h6-14,19H,5H2,1-4H3,(H,24,28)(H,25,27,29). The number of hydrogen-bond acceptors (Lipinski definition) is 6. The second-order valence-electron chi connectivity index (χ2n) is 7.29. The van der Waals surface area contributed by atoms with E-state index in [0.29, 0.717) is 21.5 Å². The summed E-state index contributed by atoms with van der Waals surface area (Å²) in [6.07, 6.45) is 0.733. The van der Waals surface area contributed by atoms with Gasteiger partial charge in [0.1, 0.15) is 16.8 Å². The molecule has 0 spiro atoms. The van der Waals surface area contributed by atoms with E-state index in [4.69, 9.17) is 4.74 Å². The van der Waals surface area contributed by atoms with Crippen LogP contribution in [0.1, 0.15) is 36.2 Å². The molecule has 2 atom stereocenters. The number of aryl methyl sites for hydroxylation is 1. The monoisotopic (exact) mass is 438 g/mol. The minimum absolute atomic E-state index is 0.0567. The Hall–Kier alpha value is -3.26. The summed E-state index contributed by atoms with van der Waals surface area (Å²) < 4.78 is 5.25. The van der Waals surface area contributed by atoms with Crippen LogP contribution >= 0.6 is 11.3 Å². The van der Waals surface area contributed by atoms with Crippen LogP contribution in [0, 0.1) is 12.8 Å². The molecule has 2 amide bonds. The maximum atomic E-state index is 13.0. The highest BCUT2D eigenvalue weighted by Gasteiger charge is 2.27. The normalized spacial score (nSPS) is 12.6. The third-order valence-electron chi connectivity index (χ3n) is 5.14. The number of rotatable bonds is 8. The van der Waals surface area contributed by atoms with Gasteiger partial charge in [0.15, 0.2) is 0 Å². The van der Waals surface area contributed by atoms with Gasteiger partial charge in [0.2, 0.25) is 11.0 Å². The van der Waals surface area contributed by atoms with Crippen molar-refractivity contribution in [2.75, 3.05) is 12.4 Å². The van der Waals surface area contributed by atoms with Gasteiger partial charge in [0, 0.05) is 11.1 Å². The molecule has 1 aromatic heterocycles. The van der Waals surface area contributed by atoms with E-state index in [-0.39, 0.29) is 17.7 Å². The van der Waals surface area contributed by atoms with Gasteiger partial charge in [-0.1, -0.05) is 61.9 Å². The van der Waals surface area contributed by atoms with Crippen LogP contribution in [0.15, 0.2) is 48.5 Å². The van der Waals surface area contributed by atoms with Crippen molar-refractivity contribution < 1.29 is 14.3 Å². The third kappa shape index (κ3) is 5.46. The lowest BCUT2D eigenvalue weighted by Crippen LogP contribution is -2.47. The zero-order valence-electron chi connectivity index (χ0n) is 18.0. The molecule has 3 aromatic rings. The van der Waals surface area contributed by atoms with Crippen LogP contribution in [0.2, 0.25) is 0 Å². The summed E-state index contributed by atoms with van der Waals surface area (Å²) in [6.45, 7) is 5.79. The first kappa shape index (κ1) is 22.4. The van der Waals surface area contributed by atoms with Crippen LogP contribution in [0.25, 0.3) is 10.6 Å². The molecule has 0 saturated carbocycles. The fourth-order valence-electron chi connectivity index (χ4n) is 3.08. The van der Waals surface area contributed by atoms with E-state index < -0.39 is 6.04 Å². The molecule has 162 valence electrons. The number of anilines is 1. The van der Waals surface area contributed by atoms with Crippen molar-refractivity contribution in [3.05, 3.63) is 59.7 Å². The highest BCUT2D eigenvalue weighted by molar-refractivity contribution is 7.18. The first-order valence-electron chi connectivity index (χ1n) is 10.1. The molecule has 0 aliphatic rings. The quantitative estimate of drug-likeness (QED) is 0.547. The summed E-state index contributed by atoms with van der Waals surface area (Å²) in [5.74, 6) is 0.0743. The SMILES string of the molecule is CCC(C)C(NC(=O)c1ccccc1C)C(=O)Nc1nnc(-c2cccc(OC)c2)s1. The molecule has 1 heterocycles. The predicted molar refractivity (Wildman–Crippen MR) is 122 cm³/mol. The van der Waals surface area contributed by atoms with Gasteiger partial charge >= 0.3 is 0 Å². The van der Waals surface area contributed by atoms with Crippen LogP contribution in [0.3, 0.4) is 0 Å². The zero-order chi connectivity index (χ0) is 22.4. The van der Waals surface area contributed by atoms with E-state index in [1.807, 2.05) is 63.2 Å². The largest absolute Gasteiger partial charge is 0.497 e. The Labute approximate surface area is 185 Å². The molecule has 0 aliphatic carbocycles. The summed E-state index contributed by atoms with van der Waals surface area (Å²) in [5, 5.41) is 15.0. The number of aromatic nitrogens is 2. The first-order chi connectivity index (χ1) is 14.9. The number of amides is 2. The second-order valence-corrected chi connectivity index (χ2v) is 8.26. The van der Waals surface area contributed by atoms with E-state index in [2.05, 4.69) is 20.8 Å². The number of nitrogens with zero attached hydrogens (tertiary/aromatic N) is 2. The zero-order valence-corrected chi connectivity index (χ0v) is 18.8. The summed E-state index contributed by atoms with van der Waals surface area (Å²) >= 11 is 1.27. The minimum atomic E-state index is -0.693. The van der Waals surface area contributed by atoms with E-state index in [1.54, 1.807) is 13.2 Å². The molecule has 0 fully saturated rings. The predicted octanol–water partition coefficient (Wildman–Crippen LogP) is 4.31. The van der Waals surface area contributed by atoms with Gasteiger partial charge < -0.3 is 10.1 Å². The van der Waals surface area contributed by atoms with E-state index in [9.17, 15) is 9.59 Å². The fraction of sp³-hybridized carbons (Fsp3) is 0.304. The van der Waals surface area contributed by atoms with Gasteiger partial charge in [-0.3, -0.25) is 14.9 Å². The Morgan fingerprint density at radius 2 is 1.90 bits per heavy atom. The number of ether oxygens (including phenoxy) is 1. The summed E-state index contributed by atoms with van der Waals surface area (Å²) in [6, 6.07) is 14.1. The Morgan fingerprint density at radius 1 is 1.13 bits per heavy atom. The van der Waals surface area contributed by atoms with Crippen molar-refractivity contribution in [3.8, 4) is 16.3 Å². The maximum Gasteiger partial charge on any atom is 0.252 e. The molecular weight excluding hydrogens is 412 g/mol. The molecule has 0 bridgehead atoms. The Morgan fingerprint density at radius 3 is 2.61 bits per heavy atom. The fourth-order valence-corrected chi connectivity index (χ4v) is 3.82. The van der Waals surface area contributed by atoms with Gasteiger partial charge in [-0.2, -0.15) is 0 Å². The van der Waals surface area contributed by atoms with Crippen LogP contribution < -0.4 is 15.4 Å². The van der Waals surface area contributed by atoms with Crippen molar-refractivity contribution in [3.63, 3.8) is 0 Å². The molecule has 2 aromatic carbocycles. The average molecular weight is 439 g/mol. The van der Waals surface area contributed by atoms with Gasteiger partial charge in [0.25, 0.3) is 5.91 Å². The molecular formula is C23H26N4O3S. The van der Waals surface area contributed by atoms with E-state index in [0.717, 1.165) is 17.5 Å². The second kappa shape index (κ2) is 10.2. The Kier molecular flexibility index (Phi) is 7.36. The number of benzene rings is 2. The Balaban J connectivity index is 1.75. The number of methoxy groups -OCH3 is 1. The molecule has 31 heavy (non-hydrogen) atoms. The van der Waals surface area contributed by atoms with Crippen molar-refractivity contribution in [1.29, 1.82) is 0 Å². The summed E-state index contributed by atoms with van der Waals surface area (Å²) in [7, 11) is 1.60. The highest BCUT2D eigenvalue weighted by Crippen LogP contribution is 2.29. The molecule has 7 nitrogen and oxygen atoms in total. The Bertz CT molecular complexity index is 1070. The number of carbonyl (C=O) groups is 2. The van der Waals surface area contributed by atoms with Crippen LogP contribution in [0.5, 0.6) is 5.75 Å². The summed E-state index contributed by atoms with van der Waals surface area (Å²) in [5.41, 5.74) is 2.26. The minimum Gasteiger partial charge on any atom is -0.497 e. The van der Waals surface area contributed by atoms with Gasteiger partial charge in [-0.25, -0.2) is 0 Å². The average Bonchev–Trinajstić information content (AvgIpc) is 3.25. The molecule has 3 rings (SSSR count). The smallest absolute Gasteiger partial charge is 0.252 e. The summed E-state index contributed by atoms with van der Waals surface area (Å²) in [4.78, 5) is 25.8. The molecule has 0 saturated heterocycles. The third-order valence-corrected chi connectivity index (χ3v) is 6.03. The van der Waals surface area contributed by atoms with Crippen molar-refractivity contribution in [2.24, 2.45) is 5.92 Å². The van der Waals surface area contributed by atoms with Crippen molar-refractivity contribution >= 4 is 28.3 Å². The number of carbonyl (C=O) groups excluding carboxylic acids is 2. The molecule has 0 radical (unpaired) electrons. The van der Waals surface area contributed by atoms with Crippen LogP contribution in [-0.2, 0) is 4.79 Å². The lowest BCUT2D eigenvalue weighted by Gasteiger charge is -2.23. The first-order valence-corrected chi connectivity index (χ1v) is 10.9. The van der Waals surface area contributed by atoms with Gasteiger partial charge in [-0.15, -0.1) is 10.2 Å². The lowest BCUT2D eigenvalue weighted by molar-refractivity contribution is -0.119. The van der Waals surface area contributed by atoms with Crippen molar-refractivity contribution in [2.45, 2.75) is 33.2 Å². The molecule has 0 aliphatic heterocycles. The highest BCUT2D eigenvalue weighted by atomic mass is 32.1. The number of hydrogen-bond donors (Lipinski definition) is 2.